The van der Waals surface area contributed by atoms with Gasteiger partial charge in [-0.2, -0.15) is 0 Å². The summed E-state index contributed by atoms with van der Waals surface area (Å²) in [7, 11) is 0. The monoisotopic (exact) mass is 410 g/mol. The highest BCUT2D eigenvalue weighted by Crippen LogP contribution is 2.19. The van der Waals surface area contributed by atoms with Gasteiger partial charge in [0.15, 0.2) is 5.96 Å². The van der Waals surface area contributed by atoms with E-state index in [1.165, 1.54) is 19.3 Å². The third-order valence-electron chi connectivity index (χ3n) is 2.81. The molecule has 0 fully saturated rings. The first kappa shape index (κ1) is 19.6. The van der Waals surface area contributed by atoms with E-state index in [2.05, 4.69) is 41.4 Å². The summed E-state index contributed by atoms with van der Waals surface area (Å²) in [5.41, 5.74) is 6.82. The number of nitrogens with zero attached hydrogens (tertiary/aromatic N) is 2. The van der Waals surface area contributed by atoms with Crippen LogP contribution < -0.4 is 11.1 Å². The fraction of sp³-hybridized carbons (Fsp3) is 0.714. The SMILES string of the molecule is CCCCCCNC(N)=NCc1csc(C(C)C)n1.I. The number of hydrogen-bond acceptors (Lipinski definition) is 3. The summed E-state index contributed by atoms with van der Waals surface area (Å²) in [4.78, 5) is 8.84. The van der Waals surface area contributed by atoms with Crippen LogP contribution in [0.4, 0.5) is 0 Å². The molecule has 0 amide bonds. The van der Waals surface area contributed by atoms with Gasteiger partial charge >= 0.3 is 0 Å². The first-order valence-electron chi connectivity index (χ1n) is 7.11. The lowest BCUT2D eigenvalue weighted by Crippen LogP contribution is -2.32. The predicted molar refractivity (Wildman–Crippen MR) is 99.1 cm³/mol. The van der Waals surface area contributed by atoms with Gasteiger partial charge in [-0.3, -0.25) is 0 Å². The van der Waals surface area contributed by atoms with Crippen LogP contribution in [0.25, 0.3) is 0 Å². The fourth-order valence-electron chi connectivity index (χ4n) is 1.65. The molecule has 0 radical (unpaired) electrons. The lowest BCUT2D eigenvalue weighted by Gasteiger charge is -2.04. The standard InChI is InChI=1S/C14H26N4S.HI/c1-4-5-6-7-8-16-14(15)17-9-12-10-19-13(18-12)11(2)3;/h10-11H,4-9H2,1-3H3,(H3,15,16,17);1H. The van der Waals surface area contributed by atoms with E-state index in [0.717, 1.165) is 23.7 Å². The summed E-state index contributed by atoms with van der Waals surface area (Å²) < 4.78 is 0. The Morgan fingerprint density at radius 2 is 2.15 bits per heavy atom. The molecule has 4 nitrogen and oxygen atoms in total. The van der Waals surface area contributed by atoms with Gasteiger partial charge in [0, 0.05) is 17.8 Å². The first-order chi connectivity index (χ1) is 9.13. The summed E-state index contributed by atoms with van der Waals surface area (Å²) in [6, 6.07) is 0. The fourth-order valence-corrected chi connectivity index (χ4v) is 2.48. The third-order valence-corrected chi connectivity index (χ3v) is 4.01. The molecule has 20 heavy (non-hydrogen) atoms. The maximum absolute atomic E-state index is 5.82. The maximum atomic E-state index is 5.82. The van der Waals surface area contributed by atoms with Crippen LogP contribution in [-0.4, -0.2) is 17.5 Å². The number of aromatic nitrogens is 1. The minimum atomic E-state index is 0. The van der Waals surface area contributed by atoms with E-state index in [9.17, 15) is 0 Å². The van der Waals surface area contributed by atoms with Crippen LogP contribution in [0.2, 0.25) is 0 Å². The maximum Gasteiger partial charge on any atom is 0.188 e. The van der Waals surface area contributed by atoms with Crippen LogP contribution >= 0.6 is 35.3 Å². The van der Waals surface area contributed by atoms with Crippen LogP contribution in [0.1, 0.15) is 63.1 Å². The second-order valence-corrected chi connectivity index (χ2v) is 5.91. The normalized spacial score (nSPS) is 11.5. The lowest BCUT2D eigenvalue weighted by molar-refractivity contribution is 0.652. The molecule has 0 saturated heterocycles. The summed E-state index contributed by atoms with van der Waals surface area (Å²) in [5.74, 6) is 1.01. The Kier molecular flexibility index (Phi) is 11.1. The van der Waals surface area contributed by atoms with Gasteiger partial charge in [-0.1, -0.05) is 40.0 Å². The average Bonchev–Trinajstić information content (AvgIpc) is 2.85. The van der Waals surface area contributed by atoms with Crippen molar-refractivity contribution in [1.29, 1.82) is 0 Å². The van der Waals surface area contributed by atoms with Gasteiger partial charge in [0.2, 0.25) is 0 Å². The van der Waals surface area contributed by atoms with Crippen molar-refractivity contribution in [1.82, 2.24) is 10.3 Å². The smallest absolute Gasteiger partial charge is 0.188 e. The van der Waals surface area contributed by atoms with Crippen molar-refractivity contribution in [3.05, 3.63) is 16.1 Å². The summed E-state index contributed by atoms with van der Waals surface area (Å²) in [5, 5.41) is 6.37. The number of hydrogen-bond donors (Lipinski definition) is 2. The van der Waals surface area contributed by atoms with Gasteiger partial charge in [0.25, 0.3) is 0 Å². The highest BCUT2D eigenvalue weighted by Gasteiger charge is 2.05. The molecule has 0 aromatic carbocycles. The van der Waals surface area contributed by atoms with E-state index in [-0.39, 0.29) is 24.0 Å². The molecule has 0 unspecified atom stereocenters. The zero-order valence-corrected chi connectivity index (χ0v) is 15.8. The predicted octanol–water partition coefficient (Wildman–Crippen LogP) is 3.87. The molecular weight excluding hydrogens is 383 g/mol. The molecule has 0 aliphatic rings. The number of rotatable bonds is 8. The van der Waals surface area contributed by atoms with Crippen molar-refractivity contribution >= 4 is 41.3 Å². The topological polar surface area (TPSA) is 63.3 Å². The molecule has 0 bridgehead atoms. The molecule has 0 spiro atoms. The molecule has 6 heteroatoms. The van der Waals surface area contributed by atoms with E-state index in [1.54, 1.807) is 11.3 Å². The Balaban J connectivity index is 0.00000361. The number of unbranched alkanes of at least 4 members (excludes halogenated alkanes) is 3. The average molecular weight is 410 g/mol. The Morgan fingerprint density at radius 1 is 1.40 bits per heavy atom. The zero-order valence-electron chi connectivity index (χ0n) is 12.7. The van der Waals surface area contributed by atoms with Gasteiger partial charge in [0.1, 0.15) is 0 Å². The molecule has 116 valence electrons. The number of halogens is 1. The summed E-state index contributed by atoms with van der Waals surface area (Å²) in [6.07, 6.45) is 4.94. The molecule has 3 N–H and O–H groups in total. The number of aliphatic imine (C=N–C) groups is 1. The lowest BCUT2D eigenvalue weighted by atomic mass is 10.2. The van der Waals surface area contributed by atoms with E-state index in [1.807, 2.05) is 0 Å². The van der Waals surface area contributed by atoms with Crippen molar-refractivity contribution in [3.63, 3.8) is 0 Å². The van der Waals surface area contributed by atoms with Crippen LogP contribution in [0.5, 0.6) is 0 Å². The Labute approximate surface area is 143 Å². The molecule has 1 aromatic rings. The van der Waals surface area contributed by atoms with E-state index < -0.39 is 0 Å². The van der Waals surface area contributed by atoms with Crippen LogP contribution in [0.15, 0.2) is 10.4 Å². The Hall–Kier alpha value is -0.370. The second kappa shape index (κ2) is 11.3. The summed E-state index contributed by atoms with van der Waals surface area (Å²) in [6.45, 7) is 7.99. The third kappa shape index (κ3) is 8.04. The van der Waals surface area contributed by atoms with Crippen molar-refractivity contribution in [2.75, 3.05) is 6.54 Å². The van der Waals surface area contributed by atoms with Gasteiger partial charge in [-0.15, -0.1) is 35.3 Å². The highest BCUT2D eigenvalue weighted by atomic mass is 127. The van der Waals surface area contributed by atoms with E-state index in [4.69, 9.17) is 5.73 Å². The molecule has 1 aromatic heterocycles. The van der Waals surface area contributed by atoms with E-state index in [0.29, 0.717) is 18.4 Å². The summed E-state index contributed by atoms with van der Waals surface area (Å²) >= 11 is 1.69. The molecule has 0 aliphatic heterocycles. The molecule has 0 saturated carbocycles. The van der Waals surface area contributed by atoms with Crippen molar-refractivity contribution in [2.45, 2.75) is 58.9 Å². The molecule has 0 atom stereocenters. The highest BCUT2D eigenvalue weighted by molar-refractivity contribution is 14.0. The van der Waals surface area contributed by atoms with Gasteiger partial charge in [-0.05, 0) is 6.42 Å². The Morgan fingerprint density at radius 3 is 2.75 bits per heavy atom. The number of thiazole rings is 1. The minimum absolute atomic E-state index is 0. The number of nitrogens with one attached hydrogen (secondary N) is 1. The van der Waals surface area contributed by atoms with Crippen LogP contribution in [0.3, 0.4) is 0 Å². The molecular formula is C14H27IN4S. The van der Waals surface area contributed by atoms with Crippen LogP contribution in [0, 0.1) is 0 Å². The van der Waals surface area contributed by atoms with Crippen molar-refractivity contribution in [2.24, 2.45) is 10.7 Å². The first-order valence-corrected chi connectivity index (χ1v) is 7.99. The van der Waals surface area contributed by atoms with E-state index >= 15 is 0 Å². The number of nitrogens with two attached hydrogens (primary N) is 1. The quantitative estimate of drug-likeness (QED) is 0.296. The largest absolute Gasteiger partial charge is 0.370 e. The minimum Gasteiger partial charge on any atom is -0.370 e. The van der Waals surface area contributed by atoms with Gasteiger partial charge in [0.05, 0.1) is 17.2 Å². The Bertz CT molecular complexity index is 390. The van der Waals surface area contributed by atoms with Crippen molar-refractivity contribution in [3.8, 4) is 0 Å². The molecule has 1 rings (SSSR count). The van der Waals surface area contributed by atoms with Crippen molar-refractivity contribution < 1.29 is 0 Å². The second-order valence-electron chi connectivity index (χ2n) is 5.02. The zero-order chi connectivity index (χ0) is 14.1. The molecule has 1 heterocycles. The molecule has 0 aliphatic carbocycles. The number of guanidine groups is 1. The van der Waals surface area contributed by atoms with Gasteiger partial charge in [-0.25, -0.2) is 9.98 Å². The van der Waals surface area contributed by atoms with Gasteiger partial charge < -0.3 is 11.1 Å². The van der Waals surface area contributed by atoms with Crippen LogP contribution in [-0.2, 0) is 6.54 Å².